The Morgan fingerprint density at radius 3 is 2.11 bits per heavy atom. The molecule has 12 heteroatoms. The van der Waals surface area contributed by atoms with E-state index in [0.29, 0.717) is 49.9 Å². The minimum Gasteiger partial charge on any atom is -0.481 e. The van der Waals surface area contributed by atoms with Crippen LogP contribution in [-0.2, 0) is 21.4 Å². The van der Waals surface area contributed by atoms with Crippen LogP contribution in [0.15, 0.2) is 6.20 Å². The maximum absolute atomic E-state index is 13.5. The third kappa shape index (κ3) is 8.11. The lowest BCUT2D eigenvalue weighted by atomic mass is 9.92. The quantitative estimate of drug-likeness (QED) is 0.442. The van der Waals surface area contributed by atoms with Crippen molar-refractivity contribution in [2.45, 2.75) is 95.7 Å². The molecule has 2 saturated carbocycles. The number of thiazole rings is 1. The van der Waals surface area contributed by atoms with E-state index < -0.39 is 16.0 Å². The summed E-state index contributed by atoms with van der Waals surface area (Å²) in [5.41, 5.74) is 0. The van der Waals surface area contributed by atoms with Gasteiger partial charge in [0, 0.05) is 55.9 Å². The number of carbonyl (C=O) groups is 2. The smallest absolute Gasteiger partial charge is 0.324 e. The first-order valence-corrected chi connectivity index (χ1v) is 16.2. The van der Waals surface area contributed by atoms with Crippen molar-refractivity contribution in [1.82, 2.24) is 19.1 Å². The normalized spacial score (nSPS) is 21.4. The highest BCUT2D eigenvalue weighted by atomic mass is 32.2. The van der Waals surface area contributed by atoms with E-state index in [9.17, 15) is 18.0 Å². The number of hydrogen-bond acceptors (Lipinski definition) is 7. The molecule has 1 saturated heterocycles. The van der Waals surface area contributed by atoms with E-state index in [2.05, 4.69) is 20.1 Å². The highest BCUT2D eigenvalue weighted by Gasteiger charge is 2.33. The predicted molar refractivity (Wildman–Crippen MR) is 144 cm³/mol. The Labute approximate surface area is 224 Å². The van der Waals surface area contributed by atoms with E-state index in [0.717, 1.165) is 30.6 Å². The van der Waals surface area contributed by atoms with Crippen molar-refractivity contribution in [3.05, 3.63) is 11.1 Å². The second-order valence-electron chi connectivity index (χ2n) is 10.5. The number of hydrogen-bond donors (Lipinski definition) is 2. The number of sulfonamides is 1. The van der Waals surface area contributed by atoms with Gasteiger partial charge in [0.1, 0.15) is 0 Å². The van der Waals surface area contributed by atoms with Gasteiger partial charge >= 0.3 is 12.0 Å². The van der Waals surface area contributed by atoms with Crippen LogP contribution in [0.4, 0.5) is 9.93 Å². The summed E-state index contributed by atoms with van der Waals surface area (Å²) >= 11 is 1.48. The van der Waals surface area contributed by atoms with Crippen molar-refractivity contribution in [2.24, 2.45) is 0 Å². The van der Waals surface area contributed by atoms with Crippen LogP contribution in [0, 0.1) is 0 Å². The van der Waals surface area contributed by atoms with Crippen LogP contribution in [0.25, 0.3) is 0 Å². The molecule has 208 valence electrons. The topological polar surface area (TPSA) is 123 Å². The van der Waals surface area contributed by atoms with E-state index in [1.807, 2.05) is 0 Å². The largest absolute Gasteiger partial charge is 0.481 e. The molecule has 37 heavy (non-hydrogen) atoms. The molecular formula is C25H41N5O5S2. The molecular weight excluding hydrogens is 514 g/mol. The van der Waals surface area contributed by atoms with Crippen LogP contribution in [0.3, 0.4) is 0 Å². The lowest BCUT2D eigenvalue weighted by Gasteiger charge is -2.39. The van der Waals surface area contributed by atoms with Crippen molar-refractivity contribution < 1.29 is 23.1 Å². The maximum atomic E-state index is 13.5. The van der Waals surface area contributed by atoms with Crippen molar-refractivity contribution in [1.29, 1.82) is 0 Å². The molecule has 2 amide bonds. The van der Waals surface area contributed by atoms with E-state index in [1.165, 1.54) is 60.6 Å². The molecule has 1 aliphatic heterocycles. The minimum absolute atomic E-state index is 0.0140. The number of nitrogens with one attached hydrogen (secondary N) is 1. The number of carboxylic acids is 1. The molecule has 4 rings (SSSR count). The molecule has 3 aliphatic rings. The standard InChI is InChI=1S/C25H41N5O5S2/c31-23(32)12-17-37(34,35)29-15-13-28(14-16-29)19-22-18-26-24(36-22)27-25(33)30(21-10-6-3-7-11-21)20-8-4-1-2-5-9-20/h18,20-21H,1-17,19H2,(H,31,32)(H,26,27,33). The minimum atomic E-state index is -3.55. The lowest BCUT2D eigenvalue weighted by Crippen LogP contribution is -2.49. The number of anilines is 1. The number of urea groups is 1. The van der Waals surface area contributed by atoms with Crippen molar-refractivity contribution in [3.8, 4) is 0 Å². The average molecular weight is 556 g/mol. The van der Waals surface area contributed by atoms with Gasteiger partial charge in [0.25, 0.3) is 0 Å². The highest BCUT2D eigenvalue weighted by Crippen LogP contribution is 2.31. The number of nitrogens with zero attached hydrogens (tertiary/aromatic N) is 4. The van der Waals surface area contributed by atoms with E-state index in [-0.39, 0.29) is 18.2 Å². The number of rotatable bonds is 9. The van der Waals surface area contributed by atoms with E-state index in [4.69, 9.17) is 5.11 Å². The number of carboxylic acid groups (broad SMARTS) is 1. The summed E-state index contributed by atoms with van der Waals surface area (Å²) in [6, 6.07) is 0.618. The van der Waals surface area contributed by atoms with Crippen LogP contribution in [0.5, 0.6) is 0 Å². The summed E-state index contributed by atoms with van der Waals surface area (Å²) < 4.78 is 26.1. The van der Waals surface area contributed by atoms with Gasteiger partial charge in [-0.15, -0.1) is 11.3 Å². The Balaban J connectivity index is 1.31. The van der Waals surface area contributed by atoms with Crippen LogP contribution in [-0.4, -0.2) is 88.6 Å². The molecule has 0 bridgehead atoms. The van der Waals surface area contributed by atoms with Crippen molar-refractivity contribution >= 4 is 38.5 Å². The molecule has 1 aromatic heterocycles. The zero-order valence-electron chi connectivity index (χ0n) is 21.6. The van der Waals surface area contributed by atoms with Crippen LogP contribution < -0.4 is 5.32 Å². The lowest BCUT2D eigenvalue weighted by molar-refractivity contribution is -0.136. The van der Waals surface area contributed by atoms with Gasteiger partial charge in [-0.25, -0.2) is 18.2 Å². The molecule has 2 heterocycles. The molecule has 1 aromatic rings. The van der Waals surface area contributed by atoms with Gasteiger partial charge in [-0.1, -0.05) is 44.9 Å². The average Bonchev–Trinajstić information content (AvgIpc) is 3.14. The van der Waals surface area contributed by atoms with Crippen LogP contribution in [0.1, 0.15) is 81.9 Å². The summed E-state index contributed by atoms with van der Waals surface area (Å²) in [6.45, 7) is 2.49. The fourth-order valence-electron chi connectivity index (χ4n) is 5.85. The fourth-order valence-corrected chi connectivity index (χ4v) is 8.11. The Morgan fingerprint density at radius 1 is 0.973 bits per heavy atom. The number of carbonyl (C=O) groups excluding carboxylic acids is 1. The summed E-state index contributed by atoms with van der Waals surface area (Å²) in [5.74, 6) is -1.47. The van der Waals surface area contributed by atoms with Crippen molar-refractivity contribution in [3.63, 3.8) is 0 Å². The maximum Gasteiger partial charge on any atom is 0.324 e. The van der Waals surface area contributed by atoms with Gasteiger partial charge in [0.15, 0.2) is 5.13 Å². The second kappa shape index (κ2) is 13.3. The molecule has 0 radical (unpaired) electrons. The van der Waals surface area contributed by atoms with E-state index >= 15 is 0 Å². The van der Waals surface area contributed by atoms with Crippen LogP contribution in [0.2, 0.25) is 0 Å². The Morgan fingerprint density at radius 2 is 1.54 bits per heavy atom. The summed E-state index contributed by atoms with van der Waals surface area (Å²) in [5, 5.41) is 12.5. The molecule has 0 unspecified atom stereocenters. The third-order valence-corrected chi connectivity index (χ3v) is 10.6. The predicted octanol–water partition coefficient (Wildman–Crippen LogP) is 3.95. The molecule has 2 N–H and O–H groups in total. The first-order valence-electron chi connectivity index (χ1n) is 13.8. The highest BCUT2D eigenvalue weighted by molar-refractivity contribution is 7.89. The monoisotopic (exact) mass is 555 g/mol. The number of piperazine rings is 1. The van der Waals surface area contributed by atoms with Gasteiger partial charge in [-0.05, 0) is 25.7 Å². The van der Waals surface area contributed by atoms with Crippen molar-refractivity contribution in [2.75, 3.05) is 37.2 Å². The molecule has 0 atom stereocenters. The zero-order chi connectivity index (χ0) is 26.3. The van der Waals surface area contributed by atoms with Gasteiger partial charge in [0.2, 0.25) is 10.0 Å². The fraction of sp³-hybridized carbons (Fsp3) is 0.800. The number of aromatic nitrogens is 1. The van der Waals surface area contributed by atoms with Gasteiger partial charge in [-0.2, -0.15) is 4.31 Å². The first kappa shape index (κ1) is 28.3. The number of aliphatic carboxylic acids is 1. The van der Waals surface area contributed by atoms with Gasteiger partial charge in [-0.3, -0.25) is 15.0 Å². The summed E-state index contributed by atoms with van der Waals surface area (Å²) in [4.78, 5) is 34.1. The Kier molecular flexibility index (Phi) is 10.2. The Hall–Kier alpha value is -1.76. The second-order valence-corrected chi connectivity index (χ2v) is 13.7. The molecule has 2 aliphatic carbocycles. The SMILES string of the molecule is O=C(O)CCS(=O)(=O)N1CCN(Cc2cnc(NC(=O)N(C3CCCCCC3)C3CCCCC3)s2)CC1. The molecule has 3 fully saturated rings. The Bertz CT molecular complexity index is 995. The molecule has 10 nitrogen and oxygen atoms in total. The third-order valence-electron chi connectivity index (χ3n) is 7.87. The van der Waals surface area contributed by atoms with Gasteiger partial charge in [0.05, 0.1) is 12.2 Å². The van der Waals surface area contributed by atoms with E-state index in [1.54, 1.807) is 6.20 Å². The zero-order valence-corrected chi connectivity index (χ0v) is 23.3. The summed E-state index contributed by atoms with van der Waals surface area (Å²) in [6.07, 6.45) is 14.3. The van der Waals surface area contributed by atoms with Crippen LogP contribution >= 0.6 is 11.3 Å². The molecule has 0 spiro atoms. The first-order chi connectivity index (χ1) is 17.8. The number of amides is 2. The summed E-state index contributed by atoms with van der Waals surface area (Å²) in [7, 11) is -3.55. The van der Waals surface area contributed by atoms with Gasteiger partial charge < -0.3 is 10.0 Å². The molecule has 0 aromatic carbocycles.